The van der Waals surface area contributed by atoms with E-state index in [4.69, 9.17) is 0 Å². The largest absolute Gasteiger partial charge is 0.465 e. The second-order valence-electron chi connectivity index (χ2n) is 5.47. The predicted molar refractivity (Wildman–Crippen MR) is 97.6 cm³/mol. The number of hydrogen-bond donors (Lipinski definition) is 1. The highest BCUT2D eigenvalue weighted by Crippen LogP contribution is 2.29. The number of carbonyl (C=O) groups is 1. The van der Waals surface area contributed by atoms with Gasteiger partial charge in [-0.2, -0.15) is 13.2 Å². The lowest BCUT2D eigenvalue weighted by Gasteiger charge is -2.14. The van der Waals surface area contributed by atoms with Crippen LogP contribution in [0.1, 0.15) is 28.5 Å². The summed E-state index contributed by atoms with van der Waals surface area (Å²) in [5, 5.41) is 2.73. The van der Waals surface area contributed by atoms with Gasteiger partial charge >= 0.3 is 12.1 Å². The highest BCUT2D eigenvalue weighted by atomic mass is 79.9. The third-order valence-electron chi connectivity index (χ3n) is 3.66. The quantitative estimate of drug-likeness (QED) is 0.630. The van der Waals surface area contributed by atoms with Crippen molar-refractivity contribution in [3.63, 3.8) is 0 Å². The van der Waals surface area contributed by atoms with Crippen LogP contribution in [0.5, 0.6) is 0 Å². The number of sulfone groups is 1. The van der Waals surface area contributed by atoms with E-state index >= 15 is 0 Å². The zero-order valence-corrected chi connectivity index (χ0v) is 17.1. The summed E-state index contributed by atoms with van der Waals surface area (Å²) in [6, 6.07) is 1.95. The SMILES string of the molecule is CCS(=O)(=O)c1cc(Br)cnc1NCc1cnc(C(F)(F)F)cc1C(=O)OC. The number of alkyl halides is 3. The van der Waals surface area contributed by atoms with Crippen molar-refractivity contribution in [1.82, 2.24) is 9.97 Å². The number of hydrogen-bond acceptors (Lipinski definition) is 7. The molecule has 7 nitrogen and oxygen atoms in total. The van der Waals surface area contributed by atoms with Crippen LogP contribution in [-0.2, 0) is 27.3 Å². The van der Waals surface area contributed by atoms with Gasteiger partial charge in [0, 0.05) is 29.0 Å². The normalized spacial score (nSPS) is 11.9. The Balaban J connectivity index is 2.41. The van der Waals surface area contributed by atoms with Gasteiger partial charge in [0.15, 0.2) is 9.84 Å². The van der Waals surface area contributed by atoms with E-state index in [9.17, 15) is 26.4 Å². The highest BCUT2D eigenvalue weighted by Gasteiger charge is 2.34. The Bertz CT molecular complexity index is 997. The minimum Gasteiger partial charge on any atom is -0.465 e. The van der Waals surface area contributed by atoms with Crippen LogP contribution in [0.25, 0.3) is 0 Å². The van der Waals surface area contributed by atoms with Gasteiger partial charge < -0.3 is 10.1 Å². The molecule has 0 bridgehead atoms. The summed E-state index contributed by atoms with van der Waals surface area (Å²) in [7, 11) is -2.59. The summed E-state index contributed by atoms with van der Waals surface area (Å²) in [5.74, 6) is -1.15. The van der Waals surface area contributed by atoms with Crippen molar-refractivity contribution in [1.29, 1.82) is 0 Å². The fourth-order valence-electron chi connectivity index (χ4n) is 2.20. The molecule has 0 radical (unpaired) electrons. The van der Waals surface area contributed by atoms with Crippen molar-refractivity contribution in [2.75, 3.05) is 18.2 Å². The monoisotopic (exact) mass is 481 g/mol. The van der Waals surface area contributed by atoms with Gasteiger partial charge in [-0.25, -0.2) is 18.2 Å². The average molecular weight is 482 g/mol. The number of pyridine rings is 2. The number of halogens is 4. The number of ether oxygens (including phenoxy) is 1. The zero-order valence-electron chi connectivity index (χ0n) is 14.7. The van der Waals surface area contributed by atoms with Gasteiger partial charge in [0.25, 0.3) is 0 Å². The molecule has 0 aliphatic rings. The Morgan fingerprint density at radius 1 is 1.25 bits per heavy atom. The number of methoxy groups -OCH3 is 1. The number of aromatic nitrogens is 2. The van der Waals surface area contributed by atoms with Crippen LogP contribution >= 0.6 is 15.9 Å². The van der Waals surface area contributed by atoms with E-state index in [1.807, 2.05) is 0 Å². The minimum absolute atomic E-state index is 0.000707. The Hall–Kier alpha value is -2.21. The van der Waals surface area contributed by atoms with Crippen LogP contribution in [0, 0.1) is 0 Å². The molecular formula is C16H15BrF3N3O4S. The lowest BCUT2D eigenvalue weighted by Crippen LogP contribution is -2.16. The van der Waals surface area contributed by atoms with Crippen molar-refractivity contribution in [3.05, 3.63) is 45.8 Å². The number of rotatable bonds is 6. The van der Waals surface area contributed by atoms with E-state index in [-0.39, 0.29) is 34.1 Å². The maximum absolute atomic E-state index is 12.9. The molecule has 2 aromatic rings. The van der Waals surface area contributed by atoms with Gasteiger partial charge in [-0.1, -0.05) is 6.92 Å². The van der Waals surface area contributed by atoms with Gasteiger partial charge in [-0.15, -0.1) is 0 Å². The predicted octanol–water partition coefficient (Wildman–Crippen LogP) is 3.45. The van der Waals surface area contributed by atoms with E-state index in [0.29, 0.717) is 10.5 Å². The molecule has 0 saturated heterocycles. The van der Waals surface area contributed by atoms with Crippen molar-refractivity contribution in [2.45, 2.75) is 24.5 Å². The summed E-state index contributed by atoms with van der Waals surface area (Å²) in [4.78, 5) is 19.1. The van der Waals surface area contributed by atoms with Gasteiger partial charge in [0.2, 0.25) is 0 Å². The molecule has 0 spiro atoms. The maximum atomic E-state index is 12.9. The molecule has 0 aromatic carbocycles. The molecule has 2 heterocycles. The van der Waals surface area contributed by atoms with E-state index < -0.39 is 27.7 Å². The molecule has 0 amide bonds. The van der Waals surface area contributed by atoms with Crippen molar-refractivity contribution in [2.24, 2.45) is 0 Å². The van der Waals surface area contributed by atoms with E-state index in [0.717, 1.165) is 13.3 Å². The van der Waals surface area contributed by atoms with Crippen LogP contribution in [-0.4, -0.2) is 37.2 Å². The number of esters is 1. The molecule has 0 fully saturated rings. The first-order valence-corrected chi connectivity index (χ1v) is 10.2. The van der Waals surface area contributed by atoms with Crippen LogP contribution < -0.4 is 5.32 Å². The summed E-state index contributed by atoms with van der Waals surface area (Å²) in [6.45, 7) is 1.27. The van der Waals surface area contributed by atoms with Crippen molar-refractivity contribution < 1.29 is 31.1 Å². The van der Waals surface area contributed by atoms with Crippen LogP contribution in [0.3, 0.4) is 0 Å². The number of nitrogens with one attached hydrogen (secondary N) is 1. The van der Waals surface area contributed by atoms with Crippen LogP contribution in [0.4, 0.5) is 19.0 Å². The summed E-state index contributed by atoms with van der Waals surface area (Å²) < 4.78 is 68.1. The molecule has 152 valence electrons. The third kappa shape index (κ3) is 4.98. The van der Waals surface area contributed by atoms with Crippen LogP contribution in [0.15, 0.2) is 33.9 Å². The molecule has 28 heavy (non-hydrogen) atoms. The topological polar surface area (TPSA) is 98.3 Å². The molecule has 0 atom stereocenters. The van der Waals surface area contributed by atoms with E-state index in [1.165, 1.54) is 19.2 Å². The lowest BCUT2D eigenvalue weighted by molar-refractivity contribution is -0.141. The molecule has 0 aliphatic carbocycles. The smallest absolute Gasteiger partial charge is 0.433 e. The minimum atomic E-state index is -4.73. The molecule has 0 saturated carbocycles. The van der Waals surface area contributed by atoms with E-state index in [1.54, 1.807) is 0 Å². The van der Waals surface area contributed by atoms with Gasteiger partial charge in [0.1, 0.15) is 16.4 Å². The summed E-state index contributed by atoms with van der Waals surface area (Å²) >= 11 is 3.15. The lowest BCUT2D eigenvalue weighted by atomic mass is 10.1. The first-order valence-electron chi connectivity index (χ1n) is 7.76. The van der Waals surface area contributed by atoms with Gasteiger partial charge in [0.05, 0.1) is 18.4 Å². The number of anilines is 1. The fraction of sp³-hybridized carbons (Fsp3) is 0.312. The second kappa shape index (κ2) is 8.43. The summed E-state index contributed by atoms with van der Waals surface area (Å²) in [5.41, 5.74) is -1.49. The molecule has 12 heteroatoms. The third-order valence-corrected chi connectivity index (χ3v) is 5.84. The molecule has 1 N–H and O–H groups in total. The second-order valence-corrected chi connectivity index (χ2v) is 8.64. The molecule has 0 unspecified atom stereocenters. The first-order chi connectivity index (χ1) is 13.0. The average Bonchev–Trinajstić information content (AvgIpc) is 2.65. The van der Waals surface area contributed by atoms with Gasteiger partial charge in [-0.3, -0.25) is 4.98 Å². The molecular weight excluding hydrogens is 467 g/mol. The molecule has 2 rings (SSSR count). The van der Waals surface area contributed by atoms with Crippen molar-refractivity contribution >= 4 is 37.6 Å². The molecule has 0 aliphatic heterocycles. The Morgan fingerprint density at radius 2 is 1.93 bits per heavy atom. The highest BCUT2D eigenvalue weighted by molar-refractivity contribution is 9.10. The van der Waals surface area contributed by atoms with Crippen LogP contribution in [0.2, 0.25) is 0 Å². The standard InChI is InChI=1S/C16H15BrF3N3O4S/c1-3-28(25,26)12-4-10(17)8-23-14(12)22-7-9-6-21-13(16(18,19)20)5-11(9)15(24)27-2/h4-6,8H,3,7H2,1-2H3,(H,22,23). The van der Waals surface area contributed by atoms with E-state index in [2.05, 4.69) is 36.0 Å². The maximum Gasteiger partial charge on any atom is 0.433 e. The fourth-order valence-corrected chi connectivity index (χ4v) is 3.72. The zero-order chi connectivity index (χ0) is 21.1. The van der Waals surface area contributed by atoms with Gasteiger partial charge in [-0.05, 0) is 28.1 Å². The molecule has 2 aromatic heterocycles. The Kier molecular flexibility index (Phi) is 6.65. The Morgan fingerprint density at radius 3 is 2.50 bits per heavy atom. The first kappa shape index (κ1) is 22.1. The number of nitrogens with zero attached hydrogens (tertiary/aromatic N) is 2. The van der Waals surface area contributed by atoms with Crippen molar-refractivity contribution in [3.8, 4) is 0 Å². The Labute approximate surface area is 167 Å². The number of carbonyl (C=O) groups excluding carboxylic acids is 1. The summed E-state index contributed by atoms with van der Waals surface area (Å²) in [6.07, 6.45) is -2.48.